The Hall–Kier alpha value is -3.91. The first-order chi connectivity index (χ1) is 17.4. The highest BCUT2D eigenvalue weighted by atomic mass is 16.2. The van der Waals surface area contributed by atoms with E-state index in [1.807, 2.05) is 60.4 Å². The van der Waals surface area contributed by atoms with Gasteiger partial charge < -0.3 is 24.9 Å². The number of carbonyl (C=O) groups excluding carboxylic acids is 2. The van der Waals surface area contributed by atoms with Crippen LogP contribution >= 0.6 is 0 Å². The van der Waals surface area contributed by atoms with Gasteiger partial charge in [-0.05, 0) is 37.7 Å². The van der Waals surface area contributed by atoms with Crippen molar-refractivity contribution in [1.29, 1.82) is 0 Å². The van der Waals surface area contributed by atoms with Crippen molar-refractivity contribution in [2.45, 2.75) is 19.5 Å². The van der Waals surface area contributed by atoms with E-state index in [2.05, 4.69) is 39.3 Å². The minimum atomic E-state index is -0.303. The van der Waals surface area contributed by atoms with Crippen molar-refractivity contribution < 1.29 is 9.59 Å². The molecule has 3 heterocycles. The molecule has 2 aromatic carbocycles. The molecule has 0 saturated carbocycles. The van der Waals surface area contributed by atoms with Crippen LogP contribution in [-0.4, -0.2) is 72.9 Å². The van der Waals surface area contributed by atoms with Gasteiger partial charge in [0.15, 0.2) is 0 Å². The molecule has 0 bridgehead atoms. The number of benzene rings is 2. The number of nitrogens with one attached hydrogen (secondary N) is 1. The van der Waals surface area contributed by atoms with E-state index in [4.69, 9.17) is 0 Å². The molecule has 36 heavy (non-hydrogen) atoms. The number of carbonyl (C=O) groups is 2. The number of amides is 2. The topological polar surface area (TPSA) is 72.0 Å². The summed E-state index contributed by atoms with van der Waals surface area (Å²) in [4.78, 5) is 38.5. The Labute approximate surface area is 212 Å². The second-order valence-electron chi connectivity index (χ2n) is 9.55. The van der Waals surface area contributed by atoms with Crippen molar-refractivity contribution in [2.24, 2.45) is 0 Å². The zero-order valence-corrected chi connectivity index (χ0v) is 21.0. The molecule has 2 aliphatic rings. The summed E-state index contributed by atoms with van der Waals surface area (Å²) in [6.45, 7) is 5.80. The van der Waals surface area contributed by atoms with Crippen LogP contribution in [0.2, 0.25) is 0 Å². The molecule has 1 saturated heterocycles. The van der Waals surface area contributed by atoms with Gasteiger partial charge in [-0.1, -0.05) is 36.4 Å². The summed E-state index contributed by atoms with van der Waals surface area (Å²) in [6, 6.07) is 19.4. The van der Waals surface area contributed by atoms with Crippen molar-refractivity contribution in [1.82, 2.24) is 14.8 Å². The molecule has 2 amide bonds. The molecule has 8 nitrogen and oxygen atoms in total. The van der Waals surface area contributed by atoms with Crippen LogP contribution in [0.15, 0.2) is 66.9 Å². The molecular formula is C28H32N6O2. The van der Waals surface area contributed by atoms with Crippen molar-refractivity contribution in [3.05, 3.63) is 78.0 Å². The van der Waals surface area contributed by atoms with Crippen LogP contribution in [-0.2, 0) is 11.3 Å². The third-order valence-corrected chi connectivity index (χ3v) is 7.06. The van der Waals surface area contributed by atoms with Crippen molar-refractivity contribution >= 4 is 34.7 Å². The highest BCUT2D eigenvalue weighted by Gasteiger charge is 2.34. The lowest BCUT2D eigenvalue weighted by Crippen LogP contribution is -2.50. The largest absolute Gasteiger partial charge is 0.354 e. The molecule has 1 atom stereocenters. The number of nitrogens with zero attached hydrogens (tertiary/aromatic N) is 5. The zero-order chi connectivity index (χ0) is 25.2. The molecule has 3 aromatic rings. The summed E-state index contributed by atoms with van der Waals surface area (Å²) in [5, 5.41) is 3.36. The third kappa shape index (κ3) is 4.77. The van der Waals surface area contributed by atoms with Crippen LogP contribution in [0.5, 0.6) is 0 Å². The maximum absolute atomic E-state index is 13.0. The van der Waals surface area contributed by atoms with Crippen LogP contribution in [0.25, 0.3) is 0 Å². The lowest BCUT2D eigenvalue weighted by atomic mass is 10.1. The van der Waals surface area contributed by atoms with Gasteiger partial charge in [-0.15, -0.1) is 0 Å². The fourth-order valence-corrected chi connectivity index (χ4v) is 4.81. The van der Waals surface area contributed by atoms with E-state index in [0.29, 0.717) is 17.9 Å². The van der Waals surface area contributed by atoms with E-state index in [1.54, 1.807) is 18.1 Å². The molecule has 1 unspecified atom stereocenters. The first-order valence-corrected chi connectivity index (χ1v) is 12.3. The lowest BCUT2D eigenvalue weighted by molar-refractivity contribution is -0.119. The fourth-order valence-electron chi connectivity index (χ4n) is 4.81. The first-order valence-electron chi connectivity index (χ1n) is 12.3. The number of aromatic nitrogens is 1. The normalized spacial score (nSPS) is 18.2. The number of fused-ring (bicyclic) bond motifs is 1. The minimum absolute atomic E-state index is 0.0380. The SMILES string of the molecule is CC1C(=O)N(C)c2cnc(Nc3cccc(C(=O)N4CCN(C)CC4)c3)cc2N1Cc1ccccc1. The van der Waals surface area contributed by atoms with Gasteiger partial charge in [0.05, 0.1) is 17.6 Å². The van der Waals surface area contributed by atoms with Gasteiger partial charge >= 0.3 is 0 Å². The molecule has 5 rings (SSSR count). The van der Waals surface area contributed by atoms with Crippen LogP contribution in [0.1, 0.15) is 22.8 Å². The highest BCUT2D eigenvalue weighted by Crippen LogP contribution is 2.37. The Morgan fingerprint density at radius 2 is 1.72 bits per heavy atom. The minimum Gasteiger partial charge on any atom is -0.354 e. The Balaban J connectivity index is 1.40. The number of hydrogen-bond acceptors (Lipinski definition) is 6. The van der Waals surface area contributed by atoms with E-state index in [1.165, 1.54) is 0 Å². The Morgan fingerprint density at radius 1 is 0.972 bits per heavy atom. The number of pyridine rings is 1. The van der Waals surface area contributed by atoms with E-state index in [9.17, 15) is 9.59 Å². The molecule has 0 radical (unpaired) electrons. The fraction of sp³-hybridized carbons (Fsp3) is 0.321. The first kappa shape index (κ1) is 23.8. The molecule has 0 aliphatic carbocycles. The summed E-state index contributed by atoms with van der Waals surface area (Å²) in [5.74, 6) is 0.746. The third-order valence-electron chi connectivity index (χ3n) is 7.06. The van der Waals surface area contributed by atoms with Gasteiger partial charge in [0.25, 0.3) is 5.91 Å². The van der Waals surface area contributed by atoms with Crippen LogP contribution in [0.4, 0.5) is 22.9 Å². The summed E-state index contributed by atoms with van der Waals surface area (Å²) >= 11 is 0. The van der Waals surface area contributed by atoms with Crippen molar-refractivity contribution in [3.63, 3.8) is 0 Å². The van der Waals surface area contributed by atoms with Gasteiger partial charge in [0, 0.05) is 57.1 Å². The predicted molar refractivity (Wildman–Crippen MR) is 143 cm³/mol. The maximum Gasteiger partial charge on any atom is 0.254 e. The molecule has 1 N–H and O–H groups in total. The smallest absolute Gasteiger partial charge is 0.254 e. The number of anilines is 4. The Bertz CT molecular complexity index is 1260. The molecule has 1 fully saturated rings. The standard InChI is InChI=1S/C28H32N6O2/c1-20-27(35)32(3)25-18-29-26(17-24(25)34(20)19-21-8-5-4-6-9-21)30-23-11-7-10-22(16-23)28(36)33-14-12-31(2)13-15-33/h4-11,16-18,20H,12-15,19H2,1-3H3,(H,29,30). The van der Waals surface area contributed by atoms with E-state index >= 15 is 0 Å². The predicted octanol–water partition coefficient (Wildman–Crippen LogP) is 3.58. The summed E-state index contributed by atoms with van der Waals surface area (Å²) in [6.07, 6.45) is 1.73. The summed E-state index contributed by atoms with van der Waals surface area (Å²) < 4.78 is 0. The number of rotatable bonds is 5. The Kier molecular flexibility index (Phi) is 6.61. The van der Waals surface area contributed by atoms with Gasteiger partial charge in [0.2, 0.25) is 5.91 Å². The van der Waals surface area contributed by atoms with Crippen LogP contribution in [0, 0.1) is 0 Å². The summed E-state index contributed by atoms with van der Waals surface area (Å²) in [7, 11) is 3.87. The van der Waals surface area contributed by atoms with Crippen molar-refractivity contribution in [2.75, 3.05) is 55.4 Å². The van der Waals surface area contributed by atoms with E-state index in [0.717, 1.165) is 48.8 Å². The Morgan fingerprint density at radius 3 is 2.47 bits per heavy atom. The maximum atomic E-state index is 13.0. The average Bonchev–Trinajstić information content (AvgIpc) is 2.90. The second kappa shape index (κ2) is 9.99. The highest BCUT2D eigenvalue weighted by molar-refractivity contribution is 6.05. The van der Waals surface area contributed by atoms with Crippen LogP contribution < -0.4 is 15.1 Å². The molecule has 2 aliphatic heterocycles. The lowest BCUT2D eigenvalue weighted by Gasteiger charge is -2.40. The van der Waals surface area contributed by atoms with E-state index < -0.39 is 0 Å². The average molecular weight is 485 g/mol. The molecule has 0 spiro atoms. The molecule has 186 valence electrons. The molecular weight excluding hydrogens is 452 g/mol. The number of hydrogen-bond donors (Lipinski definition) is 1. The van der Waals surface area contributed by atoms with Crippen molar-refractivity contribution in [3.8, 4) is 0 Å². The van der Waals surface area contributed by atoms with Gasteiger partial charge in [0.1, 0.15) is 11.9 Å². The summed E-state index contributed by atoms with van der Waals surface area (Å²) in [5.41, 5.74) is 4.31. The van der Waals surface area contributed by atoms with Gasteiger partial charge in [-0.2, -0.15) is 0 Å². The van der Waals surface area contributed by atoms with Crippen LogP contribution in [0.3, 0.4) is 0 Å². The van der Waals surface area contributed by atoms with Gasteiger partial charge in [-0.3, -0.25) is 9.59 Å². The monoisotopic (exact) mass is 484 g/mol. The number of piperazine rings is 1. The van der Waals surface area contributed by atoms with E-state index in [-0.39, 0.29) is 17.9 Å². The quantitative estimate of drug-likeness (QED) is 0.597. The second-order valence-corrected chi connectivity index (χ2v) is 9.55. The molecule has 1 aromatic heterocycles. The number of likely N-dealkylation sites (N-methyl/N-ethyl adjacent to an activating group) is 2. The van der Waals surface area contributed by atoms with Gasteiger partial charge in [-0.25, -0.2) is 4.98 Å². The molecule has 8 heteroatoms. The zero-order valence-electron chi connectivity index (χ0n) is 21.0.